The van der Waals surface area contributed by atoms with Crippen molar-refractivity contribution in [3.8, 4) is 0 Å². The van der Waals surface area contributed by atoms with Crippen LogP contribution in [0.15, 0.2) is 40.2 Å². The highest BCUT2D eigenvalue weighted by Gasteiger charge is 2.15. The quantitative estimate of drug-likeness (QED) is 0.892. The molecular weight excluding hydrogens is 279 g/mol. The van der Waals surface area contributed by atoms with E-state index in [2.05, 4.69) is 15.9 Å². The second-order valence-electron chi connectivity index (χ2n) is 3.09. The monoisotopic (exact) mass is 286 g/mol. The van der Waals surface area contributed by atoms with E-state index in [9.17, 15) is 9.50 Å². The second-order valence-corrected chi connectivity index (χ2v) is 4.89. The summed E-state index contributed by atoms with van der Waals surface area (Å²) in [6.07, 6.45) is -0.768. The average Bonchev–Trinajstić information content (AvgIpc) is 2.63. The van der Waals surface area contributed by atoms with Crippen molar-refractivity contribution in [3.63, 3.8) is 0 Å². The molecule has 1 heterocycles. The second kappa shape index (κ2) is 4.43. The SMILES string of the molecule is OC(c1cccc(F)c1)c1sccc1Br. The van der Waals surface area contributed by atoms with Gasteiger partial charge in [-0.15, -0.1) is 11.3 Å². The first-order valence-electron chi connectivity index (χ1n) is 4.35. The third kappa shape index (κ3) is 2.27. The van der Waals surface area contributed by atoms with Crippen LogP contribution in [0.4, 0.5) is 4.39 Å². The summed E-state index contributed by atoms with van der Waals surface area (Å²) in [7, 11) is 0. The lowest BCUT2D eigenvalue weighted by molar-refractivity contribution is 0.223. The largest absolute Gasteiger partial charge is 0.383 e. The van der Waals surface area contributed by atoms with Crippen molar-refractivity contribution in [2.24, 2.45) is 0 Å². The van der Waals surface area contributed by atoms with E-state index in [1.807, 2.05) is 11.4 Å². The Bertz CT molecular complexity index is 469. The van der Waals surface area contributed by atoms with Gasteiger partial charge in [-0.2, -0.15) is 0 Å². The van der Waals surface area contributed by atoms with Crippen LogP contribution in [0.3, 0.4) is 0 Å². The number of aliphatic hydroxyl groups is 1. The standard InChI is InChI=1S/C11H8BrFOS/c12-9-4-5-15-11(9)10(14)7-2-1-3-8(13)6-7/h1-6,10,14H. The molecule has 1 aromatic carbocycles. The van der Waals surface area contributed by atoms with Crippen LogP contribution in [-0.2, 0) is 0 Å². The predicted molar refractivity (Wildman–Crippen MR) is 62.5 cm³/mol. The Morgan fingerprint density at radius 3 is 2.73 bits per heavy atom. The number of halogens is 2. The first kappa shape index (κ1) is 10.8. The molecule has 4 heteroatoms. The zero-order valence-corrected chi connectivity index (χ0v) is 10.1. The fourth-order valence-electron chi connectivity index (χ4n) is 1.33. The number of aliphatic hydroxyl groups excluding tert-OH is 1. The van der Waals surface area contributed by atoms with E-state index in [4.69, 9.17) is 0 Å². The Hall–Kier alpha value is -0.710. The average molecular weight is 287 g/mol. The molecule has 78 valence electrons. The molecule has 2 aromatic rings. The maximum absolute atomic E-state index is 13.0. The normalized spacial score (nSPS) is 12.7. The Balaban J connectivity index is 2.36. The van der Waals surface area contributed by atoms with Crippen LogP contribution in [0.1, 0.15) is 16.5 Å². The number of rotatable bonds is 2. The molecule has 0 spiro atoms. The van der Waals surface area contributed by atoms with Gasteiger partial charge < -0.3 is 5.11 Å². The molecule has 1 aromatic heterocycles. The molecule has 1 atom stereocenters. The molecule has 0 saturated heterocycles. The summed E-state index contributed by atoms with van der Waals surface area (Å²) in [5.41, 5.74) is 0.568. The van der Waals surface area contributed by atoms with E-state index in [1.165, 1.54) is 23.5 Å². The van der Waals surface area contributed by atoms with Crippen LogP contribution in [0.5, 0.6) is 0 Å². The lowest BCUT2D eigenvalue weighted by Crippen LogP contribution is -1.98. The Morgan fingerprint density at radius 1 is 1.33 bits per heavy atom. The van der Waals surface area contributed by atoms with Crippen molar-refractivity contribution in [3.05, 3.63) is 56.4 Å². The summed E-state index contributed by atoms with van der Waals surface area (Å²) in [6, 6.07) is 7.87. The van der Waals surface area contributed by atoms with Crippen molar-refractivity contribution in [1.29, 1.82) is 0 Å². The molecule has 0 saturated carbocycles. The highest BCUT2D eigenvalue weighted by Crippen LogP contribution is 2.32. The highest BCUT2D eigenvalue weighted by molar-refractivity contribution is 9.10. The minimum absolute atomic E-state index is 0.334. The van der Waals surface area contributed by atoms with Gasteiger partial charge in [-0.3, -0.25) is 0 Å². The zero-order chi connectivity index (χ0) is 10.8. The number of hydrogen-bond acceptors (Lipinski definition) is 2. The summed E-state index contributed by atoms with van der Waals surface area (Å²) in [4.78, 5) is 0.792. The zero-order valence-electron chi connectivity index (χ0n) is 7.65. The summed E-state index contributed by atoms with van der Waals surface area (Å²) < 4.78 is 13.8. The number of hydrogen-bond donors (Lipinski definition) is 1. The molecule has 0 aliphatic heterocycles. The van der Waals surface area contributed by atoms with Gasteiger partial charge in [0.1, 0.15) is 11.9 Å². The fourth-order valence-corrected chi connectivity index (χ4v) is 2.93. The summed E-state index contributed by atoms with van der Waals surface area (Å²) >= 11 is 4.78. The summed E-state index contributed by atoms with van der Waals surface area (Å²) in [6.45, 7) is 0. The van der Waals surface area contributed by atoms with Gasteiger partial charge in [-0.1, -0.05) is 12.1 Å². The molecule has 0 aliphatic rings. The van der Waals surface area contributed by atoms with Crippen LogP contribution < -0.4 is 0 Å². The molecule has 2 rings (SSSR count). The van der Waals surface area contributed by atoms with Gasteiger partial charge in [-0.25, -0.2) is 4.39 Å². The van der Waals surface area contributed by atoms with E-state index >= 15 is 0 Å². The fraction of sp³-hybridized carbons (Fsp3) is 0.0909. The highest BCUT2D eigenvalue weighted by atomic mass is 79.9. The van der Waals surface area contributed by atoms with E-state index in [1.54, 1.807) is 12.1 Å². The van der Waals surface area contributed by atoms with E-state index in [0.29, 0.717) is 5.56 Å². The molecular formula is C11H8BrFOS. The minimum atomic E-state index is -0.768. The maximum atomic E-state index is 13.0. The van der Waals surface area contributed by atoms with Crippen LogP contribution in [0, 0.1) is 5.82 Å². The van der Waals surface area contributed by atoms with Gasteiger partial charge in [0.2, 0.25) is 0 Å². The topological polar surface area (TPSA) is 20.2 Å². The van der Waals surface area contributed by atoms with Crippen LogP contribution in [0.2, 0.25) is 0 Å². The van der Waals surface area contributed by atoms with Crippen LogP contribution in [0.25, 0.3) is 0 Å². The summed E-state index contributed by atoms with van der Waals surface area (Å²) in [5.74, 6) is -0.334. The van der Waals surface area contributed by atoms with E-state index in [0.717, 1.165) is 9.35 Å². The molecule has 15 heavy (non-hydrogen) atoms. The molecule has 1 unspecified atom stereocenters. The minimum Gasteiger partial charge on any atom is -0.383 e. The first-order chi connectivity index (χ1) is 7.18. The van der Waals surface area contributed by atoms with Gasteiger partial charge >= 0.3 is 0 Å². The van der Waals surface area contributed by atoms with Crippen LogP contribution in [-0.4, -0.2) is 5.11 Å². The third-order valence-corrected chi connectivity index (χ3v) is 3.98. The van der Waals surface area contributed by atoms with Crippen molar-refractivity contribution in [1.82, 2.24) is 0 Å². The Morgan fingerprint density at radius 2 is 2.13 bits per heavy atom. The first-order valence-corrected chi connectivity index (χ1v) is 6.02. The molecule has 0 bridgehead atoms. The predicted octanol–water partition coefficient (Wildman–Crippen LogP) is 3.73. The van der Waals surface area contributed by atoms with Crippen molar-refractivity contribution in [2.45, 2.75) is 6.10 Å². The molecule has 0 radical (unpaired) electrons. The third-order valence-electron chi connectivity index (χ3n) is 2.06. The van der Waals surface area contributed by atoms with E-state index in [-0.39, 0.29) is 5.82 Å². The number of thiophene rings is 1. The van der Waals surface area contributed by atoms with Gasteiger partial charge in [0.25, 0.3) is 0 Å². The summed E-state index contributed by atoms with van der Waals surface area (Å²) in [5, 5.41) is 11.9. The molecule has 0 fully saturated rings. The Labute approximate surface area is 99.3 Å². The lowest BCUT2D eigenvalue weighted by Gasteiger charge is -2.09. The van der Waals surface area contributed by atoms with Crippen molar-refractivity contribution < 1.29 is 9.50 Å². The number of benzene rings is 1. The molecule has 1 nitrogen and oxygen atoms in total. The van der Waals surface area contributed by atoms with E-state index < -0.39 is 6.10 Å². The van der Waals surface area contributed by atoms with Gasteiger partial charge in [-0.05, 0) is 45.1 Å². The molecule has 0 amide bonds. The van der Waals surface area contributed by atoms with Crippen molar-refractivity contribution in [2.75, 3.05) is 0 Å². The lowest BCUT2D eigenvalue weighted by atomic mass is 10.1. The van der Waals surface area contributed by atoms with Gasteiger partial charge in [0.15, 0.2) is 0 Å². The maximum Gasteiger partial charge on any atom is 0.123 e. The Kier molecular flexibility index (Phi) is 3.19. The smallest absolute Gasteiger partial charge is 0.123 e. The molecule has 0 aliphatic carbocycles. The van der Waals surface area contributed by atoms with Gasteiger partial charge in [0.05, 0.1) is 4.88 Å². The van der Waals surface area contributed by atoms with Crippen LogP contribution >= 0.6 is 27.3 Å². The molecule has 1 N–H and O–H groups in total. The van der Waals surface area contributed by atoms with Gasteiger partial charge in [0, 0.05) is 4.47 Å². The van der Waals surface area contributed by atoms with Crippen molar-refractivity contribution >= 4 is 27.3 Å².